The minimum Gasteiger partial charge on any atom is -0.497 e. The molecule has 4 nitrogen and oxygen atoms in total. The predicted molar refractivity (Wildman–Crippen MR) is 78.6 cm³/mol. The Bertz CT molecular complexity index is 433. The number of methoxy groups -OCH3 is 1. The number of halogens is 1. The van der Waals surface area contributed by atoms with Crippen LogP contribution in [-0.2, 0) is 4.79 Å². The van der Waals surface area contributed by atoms with E-state index in [1.165, 1.54) is 0 Å². The van der Waals surface area contributed by atoms with Gasteiger partial charge in [-0.05, 0) is 36.9 Å². The summed E-state index contributed by atoms with van der Waals surface area (Å²) in [6.45, 7) is 5.68. The Morgan fingerprint density at radius 1 is 1.42 bits per heavy atom. The van der Waals surface area contributed by atoms with Crippen LogP contribution in [0.25, 0.3) is 0 Å². The Labute approximate surface area is 122 Å². The summed E-state index contributed by atoms with van der Waals surface area (Å²) in [6, 6.07) is 5.49. The van der Waals surface area contributed by atoms with Crippen LogP contribution in [0.4, 0.5) is 0 Å². The highest BCUT2D eigenvalue weighted by Gasteiger charge is 2.23. The summed E-state index contributed by atoms with van der Waals surface area (Å²) < 4.78 is 6.13. The van der Waals surface area contributed by atoms with E-state index in [2.05, 4.69) is 20.8 Å². The average molecular weight is 330 g/mol. The van der Waals surface area contributed by atoms with E-state index < -0.39 is 5.97 Å². The van der Waals surface area contributed by atoms with Gasteiger partial charge in [-0.3, -0.25) is 9.69 Å². The van der Waals surface area contributed by atoms with Gasteiger partial charge in [-0.1, -0.05) is 29.8 Å². The first kappa shape index (κ1) is 16.0. The van der Waals surface area contributed by atoms with Crippen LogP contribution in [-0.4, -0.2) is 36.2 Å². The van der Waals surface area contributed by atoms with Gasteiger partial charge in [0.25, 0.3) is 0 Å². The van der Waals surface area contributed by atoms with E-state index in [0.717, 1.165) is 28.9 Å². The maximum absolute atomic E-state index is 11.1. The van der Waals surface area contributed by atoms with Crippen LogP contribution >= 0.6 is 15.9 Å². The first-order chi connectivity index (χ1) is 9.03. The summed E-state index contributed by atoms with van der Waals surface area (Å²) in [6.07, 6.45) is 0.0768. The maximum atomic E-state index is 11.1. The Hall–Kier alpha value is -1.07. The van der Waals surface area contributed by atoms with Gasteiger partial charge in [0, 0.05) is 10.5 Å². The molecule has 0 aliphatic heterocycles. The van der Waals surface area contributed by atoms with E-state index in [4.69, 9.17) is 9.84 Å². The van der Waals surface area contributed by atoms with Crippen LogP contribution in [0, 0.1) is 0 Å². The molecule has 19 heavy (non-hydrogen) atoms. The van der Waals surface area contributed by atoms with Crippen molar-refractivity contribution in [3.8, 4) is 5.75 Å². The lowest BCUT2D eigenvalue weighted by Gasteiger charge is -2.29. The highest BCUT2D eigenvalue weighted by atomic mass is 79.9. The quantitative estimate of drug-likeness (QED) is 0.833. The topological polar surface area (TPSA) is 49.8 Å². The molecule has 0 fully saturated rings. The molecule has 0 heterocycles. The highest BCUT2D eigenvalue weighted by molar-refractivity contribution is 9.10. The fourth-order valence-electron chi connectivity index (χ4n) is 2.17. The standard InChI is InChI=1S/C14H20BrNO3/c1-4-16(5-2)13(9-14(17)18)11-8-10(19-3)6-7-12(11)15/h6-8,13H,4-5,9H2,1-3H3,(H,17,18). The predicted octanol–water partition coefficient (Wildman–Crippen LogP) is 3.32. The zero-order valence-electron chi connectivity index (χ0n) is 11.5. The zero-order valence-corrected chi connectivity index (χ0v) is 13.1. The molecule has 0 aliphatic rings. The van der Waals surface area contributed by atoms with Crippen molar-refractivity contribution in [2.45, 2.75) is 26.3 Å². The van der Waals surface area contributed by atoms with Gasteiger partial charge in [-0.25, -0.2) is 0 Å². The van der Waals surface area contributed by atoms with Crippen molar-refractivity contribution in [1.29, 1.82) is 0 Å². The fourth-order valence-corrected chi connectivity index (χ4v) is 2.68. The van der Waals surface area contributed by atoms with Gasteiger partial charge in [0.2, 0.25) is 0 Å². The molecule has 106 valence electrons. The summed E-state index contributed by atoms with van der Waals surface area (Å²) in [4.78, 5) is 13.2. The third-order valence-corrected chi connectivity index (χ3v) is 3.91. The Kier molecular flexibility index (Phi) is 6.31. The van der Waals surface area contributed by atoms with Crippen molar-refractivity contribution >= 4 is 21.9 Å². The van der Waals surface area contributed by atoms with Gasteiger partial charge < -0.3 is 9.84 Å². The monoisotopic (exact) mass is 329 g/mol. The molecule has 1 atom stereocenters. The number of carboxylic acid groups (broad SMARTS) is 1. The summed E-state index contributed by atoms with van der Waals surface area (Å²) in [5.74, 6) is -0.0626. The molecule has 0 bridgehead atoms. The van der Waals surface area contributed by atoms with Crippen molar-refractivity contribution in [3.05, 3.63) is 28.2 Å². The summed E-state index contributed by atoms with van der Waals surface area (Å²) in [5, 5.41) is 9.13. The SMILES string of the molecule is CCN(CC)C(CC(=O)O)c1cc(OC)ccc1Br. The van der Waals surface area contributed by atoms with E-state index in [1.54, 1.807) is 7.11 Å². The van der Waals surface area contributed by atoms with E-state index in [-0.39, 0.29) is 12.5 Å². The molecule has 1 N–H and O–H groups in total. The lowest BCUT2D eigenvalue weighted by molar-refractivity contribution is -0.138. The van der Waals surface area contributed by atoms with Gasteiger partial charge in [0.15, 0.2) is 0 Å². The van der Waals surface area contributed by atoms with Crippen molar-refractivity contribution < 1.29 is 14.6 Å². The molecule has 0 aromatic heterocycles. The molecule has 1 unspecified atom stereocenters. The van der Waals surface area contributed by atoms with E-state index in [9.17, 15) is 4.79 Å². The Morgan fingerprint density at radius 3 is 2.53 bits per heavy atom. The molecular formula is C14H20BrNO3. The molecule has 0 amide bonds. The van der Waals surface area contributed by atoms with Gasteiger partial charge in [0.05, 0.1) is 13.5 Å². The lowest BCUT2D eigenvalue weighted by atomic mass is 10.0. The van der Waals surface area contributed by atoms with Gasteiger partial charge in [0.1, 0.15) is 5.75 Å². The largest absolute Gasteiger partial charge is 0.497 e. The first-order valence-corrected chi connectivity index (χ1v) is 7.12. The summed E-state index contributed by atoms with van der Waals surface area (Å²) >= 11 is 3.50. The number of ether oxygens (including phenoxy) is 1. The fraction of sp³-hybridized carbons (Fsp3) is 0.500. The molecule has 0 spiro atoms. The molecular weight excluding hydrogens is 310 g/mol. The third kappa shape index (κ3) is 4.21. The van der Waals surface area contributed by atoms with Crippen LogP contribution in [0.3, 0.4) is 0 Å². The van der Waals surface area contributed by atoms with E-state index >= 15 is 0 Å². The number of carbonyl (C=O) groups is 1. The Balaban J connectivity index is 3.18. The molecule has 0 aliphatic carbocycles. The summed E-state index contributed by atoms with van der Waals surface area (Å²) in [5.41, 5.74) is 0.949. The number of hydrogen-bond acceptors (Lipinski definition) is 3. The smallest absolute Gasteiger partial charge is 0.305 e. The Morgan fingerprint density at radius 2 is 2.05 bits per heavy atom. The van der Waals surface area contributed by atoms with Crippen LogP contribution < -0.4 is 4.74 Å². The molecule has 0 saturated heterocycles. The van der Waals surface area contributed by atoms with Gasteiger partial charge in [-0.15, -0.1) is 0 Å². The number of hydrogen-bond donors (Lipinski definition) is 1. The van der Waals surface area contributed by atoms with Crippen molar-refractivity contribution in [3.63, 3.8) is 0 Å². The number of carboxylic acids is 1. The minimum atomic E-state index is -0.799. The minimum absolute atomic E-state index is 0.0768. The van der Waals surface area contributed by atoms with E-state index in [0.29, 0.717) is 0 Å². The van der Waals surface area contributed by atoms with Crippen molar-refractivity contribution in [2.24, 2.45) is 0 Å². The second-order valence-electron chi connectivity index (χ2n) is 4.22. The molecule has 1 rings (SSSR count). The lowest BCUT2D eigenvalue weighted by Crippen LogP contribution is -2.30. The van der Waals surface area contributed by atoms with Crippen LogP contribution in [0.5, 0.6) is 5.75 Å². The third-order valence-electron chi connectivity index (χ3n) is 3.18. The summed E-state index contributed by atoms with van der Waals surface area (Å²) in [7, 11) is 1.61. The second-order valence-corrected chi connectivity index (χ2v) is 5.08. The molecule has 1 aromatic rings. The maximum Gasteiger partial charge on any atom is 0.305 e. The number of benzene rings is 1. The first-order valence-electron chi connectivity index (χ1n) is 6.32. The zero-order chi connectivity index (χ0) is 14.4. The average Bonchev–Trinajstić information content (AvgIpc) is 2.39. The van der Waals surface area contributed by atoms with Crippen LogP contribution in [0.1, 0.15) is 31.9 Å². The number of rotatable bonds is 7. The van der Waals surface area contributed by atoms with Gasteiger partial charge >= 0.3 is 5.97 Å². The second kappa shape index (κ2) is 7.50. The number of aliphatic carboxylic acids is 1. The van der Waals surface area contributed by atoms with Crippen molar-refractivity contribution in [2.75, 3.05) is 20.2 Å². The normalized spacial score (nSPS) is 12.5. The van der Waals surface area contributed by atoms with Crippen LogP contribution in [0.15, 0.2) is 22.7 Å². The molecule has 0 radical (unpaired) electrons. The molecule has 5 heteroatoms. The van der Waals surface area contributed by atoms with E-state index in [1.807, 2.05) is 32.0 Å². The molecule has 0 saturated carbocycles. The van der Waals surface area contributed by atoms with Crippen LogP contribution in [0.2, 0.25) is 0 Å². The number of nitrogens with zero attached hydrogens (tertiary/aromatic N) is 1. The van der Waals surface area contributed by atoms with Gasteiger partial charge in [-0.2, -0.15) is 0 Å². The highest BCUT2D eigenvalue weighted by Crippen LogP contribution is 2.33. The molecule has 1 aromatic carbocycles. The van der Waals surface area contributed by atoms with Crippen molar-refractivity contribution in [1.82, 2.24) is 4.90 Å².